The number of halogens is 1. The molecule has 1 aromatic carbocycles. The van der Waals surface area contributed by atoms with Gasteiger partial charge in [0.05, 0.1) is 0 Å². The Balaban J connectivity index is 2.33. The van der Waals surface area contributed by atoms with Crippen LogP contribution in [0, 0.1) is 5.92 Å². The predicted molar refractivity (Wildman–Crippen MR) is 98.9 cm³/mol. The normalized spacial score (nSPS) is 12.5. The largest absolute Gasteiger partial charge is 0.0654 e. The van der Waals surface area contributed by atoms with E-state index in [0.717, 1.165) is 5.92 Å². The molecule has 0 saturated carbocycles. The van der Waals surface area contributed by atoms with Crippen LogP contribution in [0.25, 0.3) is 0 Å². The fourth-order valence-electron chi connectivity index (χ4n) is 3.00. The molecule has 1 heteroatoms. The number of hydrogen-bond donors (Lipinski definition) is 0. The van der Waals surface area contributed by atoms with E-state index in [4.69, 9.17) is 0 Å². The molecule has 0 N–H and O–H groups in total. The lowest BCUT2D eigenvalue weighted by atomic mass is 9.89. The summed E-state index contributed by atoms with van der Waals surface area (Å²) >= 11 is 3.52. The van der Waals surface area contributed by atoms with E-state index in [-0.39, 0.29) is 0 Å². The van der Waals surface area contributed by atoms with E-state index in [1.165, 1.54) is 80.7 Å². The molecule has 21 heavy (non-hydrogen) atoms. The molecule has 0 aliphatic carbocycles. The van der Waals surface area contributed by atoms with Crippen LogP contribution in [0.1, 0.15) is 83.6 Å². The van der Waals surface area contributed by atoms with E-state index < -0.39 is 0 Å². The molecule has 0 amide bonds. The lowest BCUT2D eigenvalue weighted by Crippen LogP contribution is -2.03. The first-order valence-electron chi connectivity index (χ1n) is 9.00. The van der Waals surface area contributed by atoms with E-state index in [9.17, 15) is 0 Å². The van der Waals surface area contributed by atoms with Crippen molar-refractivity contribution in [2.45, 2.75) is 84.5 Å². The molecule has 0 spiro atoms. The molecule has 1 atom stereocenters. The lowest BCUT2D eigenvalue weighted by molar-refractivity contribution is 0.384. The summed E-state index contributed by atoms with van der Waals surface area (Å²) in [4.78, 5) is 0. The van der Waals surface area contributed by atoms with Crippen molar-refractivity contribution in [1.29, 1.82) is 0 Å². The topological polar surface area (TPSA) is 0 Å². The second-order valence-electron chi connectivity index (χ2n) is 6.38. The summed E-state index contributed by atoms with van der Waals surface area (Å²) in [6.45, 7) is 4.60. The molecule has 1 unspecified atom stereocenters. The van der Waals surface area contributed by atoms with Crippen molar-refractivity contribution in [3.8, 4) is 0 Å². The van der Waals surface area contributed by atoms with Gasteiger partial charge in [0.1, 0.15) is 0 Å². The van der Waals surface area contributed by atoms with Crippen LogP contribution in [0.4, 0.5) is 0 Å². The molecule has 0 saturated heterocycles. The molecule has 0 radical (unpaired) electrons. The highest BCUT2D eigenvalue weighted by Crippen LogP contribution is 2.23. The molecule has 0 aliphatic heterocycles. The van der Waals surface area contributed by atoms with Crippen molar-refractivity contribution in [3.63, 3.8) is 0 Å². The molecule has 120 valence electrons. The highest BCUT2D eigenvalue weighted by atomic mass is 79.9. The predicted octanol–water partition coefficient (Wildman–Crippen LogP) is 7.55. The average Bonchev–Trinajstić information content (AvgIpc) is 2.50. The van der Waals surface area contributed by atoms with Crippen molar-refractivity contribution in [2.75, 3.05) is 0 Å². The molecule has 0 aliphatic rings. The highest BCUT2D eigenvalue weighted by molar-refractivity contribution is 9.10. The summed E-state index contributed by atoms with van der Waals surface area (Å²) in [5.74, 6) is 0.942. The van der Waals surface area contributed by atoms with Crippen molar-refractivity contribution in [3.05, 3.63) is 34.3 Å². The van der Waals surface area contributed by atoms with Crippen LogP contribution in [0.5, 0.6) is 0 Å². The van der Waals surface area contributed by atoms with E-state index in [2.05, 4.69) is 54.0 Å². The fraction of sp³-hybridized carbons (Fsp3) is 0.700. The van der Waals surface area contributed by atoms with Gasteiger partial charge in [0, 0.05) is 4.47 Å². The quantitative estimate of drug-likeness (QED) is 0.340. The first kappa shape index (κ1) is 18.7. The summed E-state index contributed by atoms with van der Waals surface area (Å²) in [5, 5.41) is 0. The zero-order valence-corrected chi connectivity index (χ0v) is 15.6. The third-order valence-corrected chi connectivity index (χ3v) is 4.97. The molecule has 0 aromatic heterocycles. The summed E-state index contributed by atoms with van der Waals surface area (Å²) in [6.07, 6.45) is 15.3. The molecular weight excluding hydrogens is 320 g/mol. The Labute approximate surface area is 140 Å². The van der Waals surface area contributed by atoms with E-state index in [1.807, 2.05) is 0 Å². The Morgan fingerprint density at radius 2 is 1.33 bits per heavy atom. The van der Waals surface area contributed by atoms with Crippen molar-refractivity contribution < 1.29 is 0 Å². The van der Waals surface area contributed by atoms with Crippen molar-refractivity contribution in [2.24, 2.45) is 5.92 Å². The van der Waals surface area contributed by atoms with Crippen LogP contribution < -0.4 is 0 Å². The molecule has 0 heterocycles. The maximum absolute atomic E-state index is 3.52. The Kier molecular flexibility index (Phi) is 10.9. The maximum atomic E-state index is 3.52. The zero-order valence-electron chi connectivity index (χ0n) is 14.0. The molecule has 0 bridgehead atoms. The second kappa shape index (κ2) is 12.3. The Morgan fingerprint density at radius 1 is 0.762 bits per heavy atom. The minimum atomic E-state index is 0.942. The average molecular weight is 353 g/mol. The standard InChI is InChI=1S/C20H33Br/c1-3-5-7-9-11-18(10-8-6-4-2)12-13-19-14-16-20(21)17-15-19/h14-18H,3-13H2,1-2H3. The smallest absolute Gasteiger partial charge is 0.0175 e. The summed E-state index contributed by atoms with van der Waals surface area (Å²) in [5.41, 5.74) is 1.49. The van der Waals surface area contributed by atoms with Gasteiger partial charge in [0.25, 0.3) is 0 Å². The lowest BCUT2D eigenvalue weighted by Gasteiger charge is -2.17. The first-order valence-corrected chi connectivity index (χ1v) is 9.80. The third kappa shape index (κ3) is 9.34. The SMILES string of the molecule is CCCCCCC(CCCCC)CCc1ccc(Br)cc1. The van der Waals surface area contributed by atoms with Gasteiger partial charge >= 0.3 is 0 Å². The Bertz CT molecular complexity index is 341. The van der Waals surface area contributed by atoms with Crippen LogP contribution in [0.3, 0.4) is 0 Å². The maximum Gasteiger partial charge on any atom is 0.0175 e. The van der Waals surface area contributed by atoms with Gasteiger partial charge in [-0.05, 0) is 36.5 Å². The van der Waals surface area contributed by atoms with Gasteiger partial charge in [-0.25, -0.2) is 0 Å². The fourth-order valence-corrected chi connectivity index (χ4v) is 3.26. The minimum Gasteiger partial charge on any atom is -0.0654 e. The number of unbranched alkanes of at least 4 members (excludes halogenated alkanes) is 5. The van der Waals surface area contributed by atoms with E-state index in [0.29, 0.717) is 0 Å². The number of hydrogen-bond acceptors (Lipinski definition) is 0. The van der Waals surface area contributed by atoms with Gasteiger partial charge in [0.15, 0.2) is 0 Å². The van der Waals surface area contributed by atoms with Gasteiger partial charge in [-0.15, -0.1) is 0 Å². The van der Waals surface area contributed by atoms with Gasteiger partial charge < -0.3 is 0 Å². The molecule has 0 fully saturated rings. The van der Waals surface area contributed by atoms with E-state index >= 15 is 0 Å². The van der Waals surface area contributed by atoms with Crippen molar-refractivity contribution >= 4 is 15.9 Å². The number of aryl methyl sites for hydroxylation is 1. The molecular formula is C20H33Br. The van der Waals surface area contributed by atoms with Crippen LogP contribution in [0.15, 0.2) is 28.7 Å². The van der Waals surface area contributed by atoms with Gasteiger partial charge in [-0.1, -0.05) is 99.7 Å². The van der Waals surface area contributed by atoms with Gasteiger partial charge in [0.2, 0.25) is 0 Å². The second-order valence-corrected chi connectivity index (χ2v) is 7.29. The number of rotatable bonds is 12. The number of benzene rings is 1. The monoisotopic (exact) mass is 352 g/mol. The minimum absolute atomic E-state index is 0.942. The molecule has 0 nitrogen and oxygen atoms in total. The van der Waals surface area contributed by atoms with Crippen LogP contribution in [-0.4, -0.2) is 0 Å². The van der Waals surface area contributed by atoms with Crippen LogP contribution >= 0.6 is 15.9 Å². The third-order valence-electron chi connectivity index (χ3n) is 4.44. The van der Waals surface area contributed by atoms with Crippen molar-refractivity contribution in [1.82, 2.24) is 0 Å². The summed E-state index contributed by atoms with van der Waals surface area (Å²) in [7, 11) is 0. The first-order chi connectivity index (χ1) is 10.3. The van der Waals surface area contributed by atoms with Gasteiger partial charge in [-0.3, -0.25) is 0 Å². The summed E-state index contributed by atoms with van der Waals surface area (Å²) < 4.78 is 1.19. The van der Waals surface area contributed by atoms with Crippen LogP contribution in [-0.2, 0) is 6.42 Å². The Hall–Kier alpha value is -0.300. The molecule has 1 rings (SSSR count). The molecule has 1 aromatic rings. The van der Waals surface area contributed by atoms with Gasteiger partial charge in [-0.2, -0.15) is 0 Å². The van der Waals surface area contributed by atoms with Crippen LogP contribution in [0.2, 0.25) is 0 Å². The Morgan fingerprint density at radius 3 is 1.95 bits per heavy atom. The van der Waals surface area contributed by atoms with E-state index in [1.54, 1.807) is 0 Å². The summed E-state index contributed by atoms with van der Waals surface area (Å²) in [6, 6.07) is 8.87. The zero-order chi connectivity index (χ0) is 15.3. The highest BCUT2D eigenvalue weighted by Gasteiger charge is 2.09.